The Morgan fingerprint density at radius 1 is 1.17 bits per heavy atom. The molecule has 1 N–H and O–H groups in total. The van der Waals surface area contributed by atoms with Crippen LogP contribution in [0.15, 0.2) is 42.5 Å². The van der Waals surface area contributed by atoms with Gasteiger partial charge in [-0.3, -0.25) is 14.9 Å². The van der Waals surface area contributed by atoms with Gasteiger partial charge >= 0.3 is 5.97 Å². The lowest BCUT2D eigenvalue weighted by Crippen LogP contribution is -2.31. The Morgan fingerprint density at radius 3 is 2.38 bits per heavy atom. The van der Waals surface area contributed by atoms with Gasteiger partial charge in [-0.1, -0.05) is 31.2 Å². The molecule has 0 unspecified atom stereocenters. The van der Waals surface area contributed by atoms with Gasteiger partial charge in [0.2, 0.25) is 0 Å². The summed E-state index contributed by atoms with van der Waals surface area (Å²) in [6, 6.07) is 11.7. The first kappa shape index (κ1) is 21.9. The maximum absolute atomic E-state index is 12.2. The number of ether oxygens (including phenoxy) is 1. The summed E-state index contributed by atoms with van der Waals surface area (Å²) in [6.45, 7) is 3.43. The number of benzene rings is 2. The second-order valence-corrected chi connectivity index (χ2v) is 6.82. The van der Waals surface area contributed by atoms with E-state index < -0.39 is 23.4 Å². The van der Waals surface area contributed by atoms with Crippen LogP contribution in [-0.4, -0.2) is 37.5 Å². The number of anilines is 1. The molecule has 2 aromatic rings. The molecule has 0 spiro atoms. The van der Waals surface area contributed by atoms with Crippen LogP contribution in [0.3, 0.4) is 0 Å². The van der Waals surface area contributed by atoms with Crippen molar-refractivity contribution in [3.63, 3.8) is 0 Å². The summed E-state index contributed by atoms with van der Waals surface area (Å²) in [7, 11) is 3.34. The third kappa shape index (κ3) is 5.78. The van der Waals surface area contributed by atoms with Crippen LogP contribution in [0.5, 0.6) is 0 Å². The molecule has 1 amide bonds. The van der Waals surface area contributed by atoms with E-state index in [0.717, 1.165) is 18.1 Å². The van der Waals surface area contributed by atoms with Gasteiger partial charge in [0.15, 0.2) is 6.61 Å². The first-order chi connectivity index (χ1) is 13.7. The molecule has 0 fully saturated rings. The largest absolute Gasteiger partial charge is 0.452 e. The average molecular weight is 399 g/mol. The van der Waals surface area contributed by atoms with Gasteiger partial charge in [0.25, 0.3) is 11.6 Å². The Morgan fingerprint density at radius 2 is 1.83 bits per heavy atom. The molecule has 0 aromatic heterocycles. The lowest BCUT2D eigenvalue weighted by molar-refractivity contribution is -0.384. The highest BCUT2D eigenvalue weighted by Gasteiger charge is 2.20. The Bertz CT molecular complexity index is 894. The van der Waals surface area contributed by atoms with E-state index in [-0.39, 0.29) is 17.3 Å². The van der Waals surface area contributed by atoms with Gasteiger partial charge < -0.3 is 15.0 Å². The molecule has 0 aliphatic heterocycles. The summed E-state index contributed by atoms with van der Waals surface area (Å²) >= 11 is 0. The molecule has 0 aliphatic carbocycles. The minimum atomic E-state index is -0.798. The van der Waals surface area contributed by atoms with Crippen molar-refractivity contribution >= 4 is 23.3 Å². The molecule has 8 heteroatoms. The van der Waals surface area contributed by atoms with Crippen molar-refractivity contribution in [2.45, 2.75) is 26.3 Å². The van der Waals surface area contributed by atoms with Gasteiger partial charge in [0, 0.05) is 20.2 Å². The molecule has 1 atom stereocenters. The zero-order valence-corrected chi connectivity index (χ0v) is 17.0. The van der Waals surface area contributed by atoms with E-state index in [4.69, 9.17) is 4.74 Å². The van der Waals surface area contributed by atoms with E-state index in [9.17, 15) is 19.7 Å². The molecule has 2 rings (SSSR count). The first-order valence-corrected chi connectivity index (χ1v) is 9.24. The zero-order chi connectivity index (χ0) is 21.6. The van der Waals surface area contributed by atoms with Crippen LogP contribution in [0.4, 0.5) is 11.4 Å². The Labute approximate surface area is 169 Å². The predicted octanol–water partition coefficient (Wildman–Crippen LogP) is 3.26. The summed E-state index contributed by atoms with van der Waals surface area (Å²) in [5, 5.41) is 14.0. The fourth-order valence-electron chi connectivity index (χ4n) is 2.80. The van der Waals surface area contributed by atoms with Gasteiger partial charge in [0.05, 0.1) is 16.5 Å². The third-order valence-corrected chi connectivity index (χ3v) is 4.49. The molecule has 29 heavy (non-hydrogen) atoms. The fourth-order valence-corrected chi connectivity index (χ4v) is 2.80. The van der Waals surface area contributed by atoms with E-state index in [1.54, 1.807) is 19.0 Å². The standard InChI is InChI=1S/C21H25N3O5/c1-5-15-6-8-16(9-7-15)14(2)22-20(25)13-29-21(26)17-10-11-18(23(3)4)19(12-17)24(27)28/h6-12,14H,5,13H2,1-4H3,(H,22,25)/t14-/m1/s1. The van der Waals surface area contributed by atoms with Crippen molar-refractivity contribution in [2.75, 3.05) is 25.6 Å². The number of esters is 1. The molecule has 8 nitrogen and oxygen atoms in total. The number of hydrogen-bond donors (Lipinski definition) is 1. The maximum atomic E-state index is 12.2. The monoisotopic (exact) mass is 399 g/mol. The second-order valence-electron chi connectivity index (χ2n) is 6.82. The summed E-state index contributed by atoms with van der Waals surface area (Å²) in [6.07, 6.45) is 0.935. The summed E-state index contributed by atoms with van der Waals surface area (Å²) in [4.78, 5) is 36.5. The molecular formula is C21H25N3O5. The summed E-state index contributed by atoms with van der Waals surface area (Å²) in [5.41, 5.74) is 2.32. The molecule has 0 saturated carbocycles. The lowest BCUT2D eigenvalue weighted by Gasteiger charge is -2.15. The number of nitrogens with zero attached hydrogens (tertiary/aromatic N) is 2. The number of nitro benzene ring substituents is 1. The van der Waals surface area contributed by atoms with Crippen molar-refractivity contribution in [1.82, 2.24) is 5.32 Å². The highest BCUT2D eigenvalue weighted by atomic mass is 16.6. The zero-order valence-electron chi connectivity index (χ0n) is 17.0. The number of aryl methyl sites for hydroxylation is 1. The minimum Gasteiger partial charge on any atom is -0.452 e. The van der Waals surface area contributed by atoms with E-state index in [1.807, 2.05) is 31.2 Å². The van der Waals surface area contributed by atoms with Gasteiger partial charge in [-0.2, -0.15) is 0 Å². The Kier molecular flexibility index (Phi) is 7.30. The third-order valence-electron chi connectivity index (χ3n) is 4.49. The molecule has 2 aromatic carbocycles. The molecule has 0 bridgehead atoms. The van der Waals surface area contributed by atoms with Crippen LogP contribution in [0.25, 0.3) is 0 Å². The normalized spacial score (nSPS) is 11.4. The van der Waals surface area contributed by atoms with Crippen molar-refractivity contribution in [2.24, 2.45) is 0 Å². The molecule has 0 radical (unpaired) electrons. The smallest absolute Gasteiger partial charge is 0.338 e. The van der Waals surface area contributed by atoms with Crippen LogP contribution in [0, 0.1) is 10.1 Å². The molecular weight excluding hydrogens is 374 g/mol. The minimum absolute atomic E-state index is 0.0123. The number of nitro groups is 1. The van der Waals surface area contributed by atoms with Gasteiger partial charge in [-0.05, 0) is 36.6 Å². The summed E-state index contributed by atoms with van der Waals surface area (Å²) in [5.74, 6) is -1.25. The number of rotatable bonds is 8. The van der Waals surface area contributed by atoms with Gasteiger partial charge in [0.1, 0.15) is 5.69 Å². The van der Waals surface area contributed by atoms with Crippen LogP contribution in [0.1, 0.15) is 41.4 Å². The van der Waals surface area contributed by atoms with Crippen LogP contribution >= 0.6 is 0 Å². The van der Waals surface area contributed by atoms with Crippen LogP contribution in [0.2, 0.25) is 0 Å². The van der Waals surface area contributed by atoms with Crippen molar-refractivity contribution in [3.05, 3.63) is 69.3 Å². The van der Waals surface area contributed by atoms with Crippen LogP contribution < -0.4 is 10.2 Å². The highest BCUT2D eigenvalue weighted by molar-refractivity contribution is 5.93. The molecule has 0 saturated heterocycles. The second kappa shape index (κ2) is 9.68. The Hall–Kier alpha value is -3.42. The number of nitrogens with one attached hydrogen (secondary N) is 1. The molecule has 0 heterocycles. The highest BCUT2D eigenvalue weighted by Crippen LogP contribution is 2.28. The topological polar surface area (TPSA) is 102 Å². The number of carbonyl (C=O) groups is 2. The summed E-state index contributed by atoms with van der Waals surface area (Å²) < 4.78 is 5.01. The average Bonchev–Trinajstić information content (AvgIpc) is 2.71. The number of amides is 1. The maximum Gasteiger partial charge on any atom is 0.338 e. The Balaban J connectivity index is 1.96. The SMILES string of the molecule is CCc1ccc([C@@H](C)NC(=O)COC(=O)c2ccc(N(C)C)c([N+](=O)[O-])c2)cc1. The number of carbonyl (C=O) groups excluding carboxylic acids is 2. The van der Waals surface area contributed by atoms with Crippen molar-refractivity contribution in [1.29, 1.82) is 0 Å². The fraction of sp³-hybridized carbons (Fsp3) is 0.333. The molecule has 0 aliphatic rings. The predicted molar refractivity (Wildman–Crippen MR) is 110 cm³/mol. The lowest BCUT2D eigenvalue weighted by atomic mass is 10.1. The van der Waals surface area contributed by atoms with E-state index in [0.29, 0.717) is 5.69 Å². The van der Waals surface area contributed by atoms with Gasteiger partial charge in [-0.25, -0.2) is 4.79 Å². The van der Waals surface area contributed by atoms with E-state index in [1.165, 1.54) is 17.7 Å². The van der Waals surface area contributed by atoms with E-state index >= 15 is 0 Å². The quantitative estimate of drug-likeness (QED) is 0.415. The number of hydrogen-bond acceptors (Lipinski definition) is 6. The van der Waals surface area contributed by atoms with Crippen molar-refractivity contribution in [3.8, 4) is 0 Å². The molecule has 154 valence electrons. The van der Waals surface area contributed by atoms with Gasteiger partial charge in [-0.15, -0.1) is 0 Å². The van der Waals surface area contributed by atoms with Crippen LogP contribution in [-0.2, 0) is 16.0 Å². The first-order valence-electron chi connectivity index (χ1n) is 9.24. The van der Waals surface area contributed by atoms with E-state index in [2.05, 4.69) is 12.2 Å². The van der Waals surface area contributed by atoms with Crippen molar-refractivity contribution < 1.29 is 19.2 Å².